The van der Waals surface area contributed by atoms with E-state index in [0.717, 1.165) is 16.2 Å². The monoisotopic (exact) mass is 349 g/mol. The summed E-state index contributed by atoms with van der Waals surface area (Å²) in [6.45, 7) is 4.96. The van der Waals surface area contributed by atoms with Crippen LogP contribution in [0.5, 0.6) is 5.75 Å². The van der Waals surface area contributed by atoms with Gasteiger partial charge in [-0.3, -0.25) is 4.79 Å². The fraction of sp³-hybridized carbons (Fsp3) is 0.278. The third kappa shape index (κ3) is 5.81. The average molecular weight is 350 g/mol. The van der Waals surface area contributed by atoms with E-state index < -0.39 is 0 Å². The van der Waals surface area contributed by atoms with Gasteiger partial charge in [0, 0.05) is 16.5 Å². The van der Waals surface area contributed by atoms with Crippen molar-refractivity contribution in [3.8, 4) is 5.75 Å². The molecule has 1 atom stereocenters. The topological polar surface area (TPSA) is 38.3 Å². The van der Waals surface area contributed by atoms with E-state index in [-0.39, 0.29) is 11.2 Å². The second-order valence-corrected chi connectivity index (χ2v) is 6.86. The number of hydrogen-bond donors (Lipinski definition) is 1. The summed E-state index contributed by atoms with van der Waals surface area (Å²) < 4.78 is 5.46. The number of nitrogens with one attached hydrogen (secondary N) is 1. The van der Waals surface area contributed by atoms with Crippen LogP contribution in [0, 0.1) is 0 Å². The van der Waals surface area contributed by atoms with E-state index in [2.05, 4.69) is 5.32 Å². The molecule has 0 aliphatic heterocycles. The highest BCUT2D eigenvalue weighted by atomic mass is 35.5. The highest BCUT2D eigenvalue weighted by molar-refractivity contribution is 8.00. The molecule has 0 spiro atoms. The number of ether oxygens (including phenoxy) is 1. The number of hydrogen-bond acceptors (Lipinski definition) is 3. The maximum atomic E-state index is 12.2. The molecule has 5 heteroatoms. The highest BCUT2D eigenvalue weighted by Gasteiger charge is 2.14. The number of halogens is 1. The lowest BCUT2D eigenvalue weighted by atomic mass is 10.2. The third-order valence-corrected chi connectivity index (χ3v) is 4.54. The Hall–Kier alpha value is -1.65. The molecule has 1 N–H and O–H groups in total. The molecule has 0 saturated carbocycles. The molecular formula is C18H20ClNO2S. The van der Waals surface area contributed by atoms with Crippen LogP contribution in [0.4, 0.5) is 0 Å². The number of benzene rings is 2. The Morgan fingerprint density at radius 3 is 2.70 bits per heavy atom. The Labute approximate surface area is 146 Å². The van der Waals surface area contributed by atoms with E-state index in [9.17, 15) is 4.79 Å². The molecule has 23 heavy (non-hydrogen) atoms. The molecule has 0 radical (unpaired) electrons. The molecule has 0 heterocycles. The van der Waals surface area contributed by atoms with Crippen molar-refractivity contribution >= 4 is 29.3 Å². The standard InChI is InChI=1S/C18H20ClNO2S/c1-3-22-16-6-4-5-14(11-16)12-20-18(21)13(2)23-17-9-7-15(19)8-10-17/h4-11,13H,3,12H2,1-2H3,(H,20,21). The third-order valence-electron chi connectivity index (χ3n) is 3.17. The van der Waals surface area contributed by atoms with E-state index in [4.69, 9.17) is 16.3 Å². The van der Waals surface area contributed by atoms with Gasteiger partial charge < -0.3 is 10.1 Å². The van der Waals surface area contributed by atoms with Crippen molar-refractivity contribution in [3.63, 3.8) is 0 Å². The molecule has 0 aromatic heterocycles. The smallest absolute Gasteiger partial charge is 0.233 e. The second kappa shape index (κ2) is 8.85. The summed E-state index contributed by atoms with van der Waals surface area (Å²) in [4.78, 5) is 13.2. The van der Waals surface area contributed by atoms with E-state index >= 15 is 0 Å². The quantitative estimate of drug-likeness (QED) is 0.746. The van der Waals surface area contributed by atoms with Crippen LogP contribution >= 0.6 is 23.4 Å². The van der Waals surface area contributed by atoms with Gasteiger partial charge in [-0.2, -0.15) is 0 Å². The fourth-order valence-corrected chi connectivity index (χ4v) is 3.03. The van der Waals surface area contributed by atoms with Crippen LogP contribution in [0.2, 0.25) is 5.02 Å². The van der Waals surface area contributed by atoms with Gasteiger partial charge >= 0.3 is 0 Å². The van der Waals surface area contributed by atoms with Crippen LogP contribution in [0.1, 0.15) is 19.4 Å². The molecule has 2 aromatic carbocycles. The van der Waals surface area contributed by atoms with Crippen LogP contribution in [-0.2, 0) is 11.3 Å². The Balaban J connectivity index is 1.86. The summed E-state index contributed by atoms with van der Waals surface area (Å²) >= 11 is 7.38. The largest absolute Gasteiger partial charge is 0.494 e. The molecule has 1 unspecified atom stereocenters. The molecular weight excluding hydrogens is 330 g/mol. The normalized spacial score (nSPS) is 11.8. The summed E-state index contributed by atoms with van der Waals surface area (Å²) in [6.07, 6.45) is 0. The SMILES string of the molecule is CCOc1cccc(CNC(=O)C(C)Sc2ccc(Cl)cc2)c1. The average Bonchev–Trinajstić information content (AvgIpc) is 2.55. The van der Waals surface area contributed by atoms with Crippen LogP contribution in [0.25, 0.3) is 0 Å². The highest BCUT2D eigenvalue weighted by Crippen LogP contribution is 2.24. The lowest BCUT2D eigenvalue weighted by Gasteiger charge is -2.12. The Bertz CT molecular complexity index is 646. The van der Waals surface area contributed by atoms with Crippen molar-refractivity contribution in [1.29, 1.82) is 0 Å². The fourth-order valence-electron chi connectivity index (χ4n) is 2.02. The first-order valence-electron chi connectivity index (χ1n) is 7.50. The van der Waals surface area contributed by atoms with Crippen molar-refractivity contribution in [1.82, 2.24) is 5.32 Å². The van der Waals surface area contributed by atoms with Crippen molar-refractivity contribution < 1.29 is 9.53 Å². The van der Waals surface area contributed by atoms with E-state index in [1.807, 2.05) is 62.4 Å². The lowest BCUT2D eigenvalue weighted by Crippen LogP contribution is -2.30. The van der Waals surface area contributed by atoms with Crippen LogP contribution < -0.4 is 10.1 Å². The molecule has 0 aliphatic carbocycles. The van der Waals surface area contributed by atoms with Crippen molar-refractivity contribution in [3.05, 3.63) is 59.1 Å². The molecule has 122 valence electrons. The van der Waals surface area contributed by atoms with E-state index in [1.54, 1.807) is 0 Å². The second-order valence-electron chi connectivity index (χ2n) is 5.01. The minimum Gasteiger partial charge on any atom is -0.494 e. The van der Waals surface area contributed by atoms with Gasteiger partial charge in [0.25, 0.3) is 0 Å². The zero-order valence-electron chi connectivity index (χ0n) is 13.2. The zero-order chi connectivity index (χ0) is 16.7. The molecule has 3 nitrogen and oxygen atoms in total. The van der Waals surface area contributed by atoms with Gasteiger partial charge in [0.2, 0.25) is 5.91 Å². The Kier molecular flexibility index (Phi) is 6.81. The molecule has 0 fully saturated rings. The first kappa shape index (κ1) is 17.7. The molecule has 0 bridgehead atoms. The van der Waals surface area contributed by atoms with Gasteiger partial charge in [-0.15, -0.1) is 11.8 Å². The zero-order valence-corrected chi connectivity index (χ0v) is 14.8. The van der Waals surface area contributed by atoms with Crippen LogP contribution in [-0.4, -0.2) is 17.8 Å². The summed E-state index contributed by atoms with van der Waals surface area (Å²) in [6, 6.07) is 15.2. The minimum absolute atomic E-state index is 0.00626. The predicted molar refractivity (Wildman–Crippen MR) is 96.2 cm³/mol. The van der Waals surface area contributed by atoms with Crippen molar-refractivity contribution in [2.75, 3.05) is 6.61 Å². The summed E-state index contributed by atoms with van der Waals surface area (Å²) in [5, 5.41) is 3.48. The van der Waals surface area contributed by atoms with Gasteiger partial charge in [0.15, 0.2) is 0 Å². The number of carbonyl (C=O) groups excluding carboxylic acids is 1. The van der Waals surface area contributed by atoms with Crippen LogP contribution in [0.15, 0.2) is 53.4 Å². The van der Waals surface area contributed by atoms with Gasteiger partial charge in [0.05, 0.1) is 11.9 Å². The van der Waals surface area contributed by atoms with Crippen LogP contribution in [0.3, 0.4) is 0 Å². The first-order valence-corrected chi connectivity index (χ1v) is 8.76. The summed E-state index contributed by atoms with van der Waals surface area (Å²) in [5.74, 6) is 0.828. The maximum Gasteiger partial charge on any atom is 0.233 e. The number of rotatable bonds is 7. The summed E-state index contributed by atoms with van der Waals surface area (Å²) in [5.41, 5.74) is 1.02. The summed E-state index contributed by atoms with van der Waals surface area (Å²) in [7, 11) is 0. The number of thioether (sulfide) groups is 1. The van der Waals surface area contributed by atoms with Crippen molar-refractivity contribution in [2.45, 2.75) is 30.5 Å². The van der Waals surface area contributed by atoms with Crippen molar-refractivity contribution in [2.24, 2.45) is 0 Å². The minimum atomic E-state index is -0.175. The molecule has 0 aliphatic rings. The Morgan fingerprint density at radius 2 is 2.00 bits per heavy atom. The maximum absolute atomic E-state index is 12.2. The lowest BCUT2D eigenvalue weighted by molar-refractivity contribution is -0.120. The number of amides is 1. The van der Waals surface area contributed by atoms with Gasteiger partial charge in [-0.1, -0.05) is 23.7 Å². The first-order chi connectivity index (χ1) is 11.1. The predicted octanol–water partition coefficient (Wildman–Crippen LogP) is 4.54. The van der Waals surface area contributed by atoms with Gasteiger partial charge in [0.1, 0.15) is 5.75 Å². The van der Waals surface area contributed by atoms with Gasteiger partial charge in [-0.05, 0) is 55.8 Å². The van der Waals surface area contributed by atoms with E-state index in [0.29, 0.717) is 18.2 Å². The molecule has 2 rings (SSSR count). The molecule has 2 aromatic rings. The van der Waals surface area contributed by atoms with E-state index in [1.165, 1.54) is 11.8 Å². The Morgan fingerprint density at radius 1 is 1.26 bits per heavy atom. The number of carbonyl (C=O) groups is 1. The molecule has 0 saturated heterocycles. The van der Waals surface area contributed by atoms with Gasteiger partial charge in [-0.25, -0.2) is 0 Å². The molecule has 1 amide bonds.